The molecule has 2 amide bonds. The van der Waals surface area contributed by atoms with Crippen molar-refractivity contribution in [1.82, 2.24) is 4.90 Å². The summed E-state index contributed by atoms with van der Waals surface area (Å²) >= 11 is 6.78. The van der Waals surface area contributed by atoms with E-state index in [0.717, 1.165) is 33.0 Å². The second kappa shape index (κ2) is 10.5. The van der Waals surface area contributed by atoms with Crippen molar-refractivity contribution in [2.24, 2.45) is 0 Å². The standard InChI is InChI=1S/C28H19ClN2O5S/c29-21-12-9-18(10-13-21)17-36-25-14-11-19-5-1-3-7-22(19)23(25)15-26-27(32)30(28(33)37-26)16-20-6-2-4-8-24(20)31(34)35/h1-15H,16-17H2/b26-15+. The van der Waals surface area contributed by atoms with Crippen LogP contribution in [-0.4, -0.2) is 21.0 Å². The summed E-state index contributed by atoms with van der Waals surface area (Å²) in [5, 5.41) is 13.3. The number of halogens is 1. The van der Waals surface area contributed by atoms with Gasteiger partial charge in [0, 0.05) is 22.2 Å². The molecular weight excluding hydrogens is 512 g/mol. The van der Waals surface area contributed by atoms with Crippen molar-refractivity contribution in [1.29, 1.82) is 0 Å². The highest BCUT2D eigenvalue weighted by molar-refractivity contribution is 8.18. The van der Waals surface area contributed by atoms with E-state index in [2.05, 4.69) is 0 Å². The Bertz CT molecular complexity index is 1570. The number of carbonyl (C=O) groups is 2. The van der Waals surface area contributed by atoms with Crippen LogP contribution in [0.4, 0.5) is 10.5 Å². The molecular formula is C28H19ClN2O5S. The molecule has 0 aliphatic carbocycles. The molecule has 0 radical (unpaired) electrons. The number of ether oxygens (including phenoxy) is 1. The number of imide groups is 1. The van der Waals surface area contributed by atoms with Crippen LogP contribution < -0.4 is 4.74 Å². The van der Waals surface area contributed by atoms with E-state index in [4.69, 9.17) is 16.3 Å². The van der Waals surface area contributed by atoms with Crippen LogP contribution in [0.5, 0.6) is 5.75 Å². The highest BCUT2D eigenvalue weighted by Gasteiger charge is 2.36. The number of amides is 2. The number of carbonyl (C=O) groups excluding carboxylic acids is 2. The molecule has 4 aromatic carbocycles. The number of fused-ring (bicyclic) bond motifs is 1. The highest BCUT2D eigenvalue weighted by Crippen LogP contribution is 2.38. The Labute approximate surface area is 221 Å². The molecule has 184 valence electrons. The molecule has 1 fully saturated rings. The molecule has 5 rings (SSSR count). The molecule has 1 saturated heterocycles. The zero-order chi connectivity index (χ0) is 25.9. The molecule has 0 spiro atoms. The lowest BCUT2D eigenvalue weighted by molar-refractivity contribution is -0.385. The van der Waals surface area contributed by atoms with Crippen LogP contribution in [0.1, 0.15) is 16.7 Å². The minimum atomic E-state index is -0.523. The number of benzene rings is 4. The smallest absolute Gasteiger partial charge is 0.293 e. The van der Waals surface area contributed by atoms with Gasteiger partial charge in [-0.3, -0.25) is 24.6 Å². The third-order valence-corrected chi connectivity index (χ3v) is 7.06. The van der Waals surface area contributed by atoms with E-state index < -0.39 is 16.1 Å². The van der Waals surface area contributed by atoms with E-state index in [9.17, 15) is 19.7 Å². The van der Waals surface area contributed by atoms with E-state index in [1.54, 1.807) is 36.4 Å². The fourth-order valence-corrected chi connectivity index (χ4v) is 5.00. The second-order valence-corrected chi connectivity index (χ2v) is 9.70. The fourth-order valence-electron chi connectivity index (χ4n) is 4.05. The molecule has 0 bridgehead atoms. The molecule has 9 heteroatoms. The molecule has 0 unspecified atom stereocenters. The maximum atomic E-state index is 13.3. The minimum absolute atomic E-state index is 0.141. The van der Waals surface area contributed by atoms with Gasteiger partial charge < -0.3 is 4.74 Å². The van der Waals surface area contributed by atoms with Crippen molar-refractivity contribution < 1.29 is 19.2 Å². The zero-order valence-corrected chi connectivity index (χ0v) is 20.9. The maximum Gasteiger partial charge on any atom is 0.293 e. The van der Waals surface area contributed by atoms with Gasteiger partial charge in [-0.1, -0.05) is 72.3 Å². The Hall–Kier alpha value is -4.14. The Balaban J connectivity index is 1.48. The summed E-state index contributed by atoms with van der Waals surface area (Å²) in [5.41, 5.74) is 1.74. The van der Waals surface area contributed by atoms with E-state index in [0.29, 0.717) is 16.3 Å². The van der Waals surface area contributed by atoms with Gasteiger partial charge in [-0.25, -0.2) is 0 Å². The SMILES string of the molecule is O=C1S/C(=C/c2c(OCc3ccc(Cl)cc3)ccc3ccccc23)C(=O)N1Cc1ccccc1[N+](=O)[O-]. The molecule has 7 nitrogen and oxygen atoms in total. The molecule has 0 saturated carbocycles. The summed E-state index contributed by atoms with van der Waals surface area (Å²) in [7, 11) is 0. The summed E-state index contributed by atoms with van der Waals surface area (Å²) in [4.78, 5) is 38.1. The van der Waals surface area contributed by atoms with Crippen molar-refractivity contribution in [3.05, 3.63) is 122 Å². The van der Waals surface area contributed by atoms with Crippen LogP contribution in [0.2, 0.25) is 5.02 Å². The summed E-state index contributed by atoms with van der Waals surface area (Å²) in [6, 6.07) is 24.8. The predicted molar refractivity (Wildman–Crippen MR) is 144 cm³/mol. The fraction of sp³-hybridized carbons (Fsp3) is 0.0714. The first-order valence-electron chi connectivity index (χ1n) is 11.3. The van der Waals surface area contributed by atoms with Gasteiger partial charge in [0.2, 0.25) is 0 Å². The average Bonchev–Trinajstić information content (AvgIpc) is 3.16. The average molecular weight is 531 g/mol. The van der Waals surface area contributed by atoms with Gasteiger partial charge >= 0.3 is 0 Å². The Kier molecular flexibility index (Phi) is 6.94. The van der Waals surface area contributed by atoms with Crippen molar-refractivity contribution in [2.75, 3.05) is 0 Å². The van der Waals surface area contributed by atoms with E-state index in [-0.39, 0.29) is 29.3 Å². The van der Waals surface area contributed by atoms with Gasteiger partial charge in [0.25, 0.3) is 16.8 Å². The Morgan fingerprint density at radius 2 is 1.68 bits per heavy atom. The normalized spacial score (nSPS) is 14.5. The third kappa shape index (κ3) is 5.21. The number of hydrogen-bond donors (Lipinski definition) is 0. The molecule has 0 atom stereocenters. The number of nitro benzene ring substituents is 1. The first-order chi connectivity index (χ1) is 17.9. The predicted octanol–water partition coefficient (Wildman–Crippen LogP) is 7.22. The molecule has 1 aliphatic heterocycles. The van der Waals surface area contributed by atoms with E-state index in [1.165, 1.54) is 6.07 Å². The van der Waals surface area contributed by atoms with Crippen LogP contribution in [0, 0.1) is 10.1 Å². The van der Waals surface area contributed by atoms with E-state index >= 15 is 0 Å². The first kappa shape index (κ1) is 24.5. The largest absolute Gasteiger partial charge is 0.488 e. The highest BCUT2D eigenvalue weighted by atomic mass is 35.5. The molecule has 37 heavy (non-hydrogen) atoms. The van der Waals surface area contributed by atoms with Crippen LogP contribution >= 0.6 is 23.4 Å². The van der Waals surface area contributed by atoms with Gasteiger partial charge in [0.1, 0.15) is 12.4 Å². The van der Waals surface area contributed by atoms with Gasteiger partial charge in [0.15, 0.2) is 0 Å². The quantitative estimate of drug-likeness (QED) is 0.142. The van der Waals surface area contributed by atoms with Crippen molar-refractivity contribution in [3.8, 4) is 5.75 Å². The number of nitro groups is 1. The Morgan fingerprint density at radius 3 is 2.46 bits per heavy atom. The van der Waals surface area contributed by atoms with E-state index in [1.807, 2.05) is 48.5 Å². The summed E-state index contributed by atoms with van der Waals surface area (Å²) in [6.45, 7) is 0.101. The van der Waals surface area contributed by atoms with Gasteiger partial charge in [-0.05, 0) is 52.4 Å². The number of rotatable bonds is 7. The topological polar surface area (TPSA) is 89.8 Å². The lowest BCUT2D eigenvalue weighted by atomic mass is 10.0. The number of thioether (sulfide) groups is 1. The number of nitrogens with zero attached hydrogens (tertiary/aromatic N) is 2. The number of hydrogen-bond acceptors (Lipinski definition) is 6. The van der Waals surface area contributed by atoms with Crippen molar-refractivity contribution >= 4 is 57.0 Å². The van der Waals surface area contributed by atoms with Crippen molar-refractivity contribution in [2.45, 2.75) is 13.2 Å². The van der Waals surface area contributed by atoms with Crippen LogP contribution in [-0.2, 0) is 17.9 Å². The Morgan fingerprint density at radius 1 is 0.946 bits per heavy atom. The summed E-state index contributed by atoms with van der Waals surface area (Å²) < 4.78 is 6.13. The second-order valence-electron chi connectivity index (χ2n) is 8.27. The van der Waals surface area contributed by atoms with Crippen LogP contribution in [0.15, 0.2) is 89.8 Å². The molecule has 1 aliphatic rings. The number of para-hydroxylation sites is 1. The summed E-state index contributed by atoms with van der Waals surface area (Å²) in [5.74, 6) is 0.0453. The molecule has 1 heterocycles. The monoisotopic (exact) mass is 530 g/mol. The molecule has 0 N–H and O–H groups in total. The van der Waals surface area contributed by atoms with Crippen LogP contribution in [0.3, 0.4) is 0 Å². The van der Waals surface area contributed by atoms with Gasteiger partial charge in [-0.2, -0.15) is 0 Å². The minimum Gasteiger partial charge on any atom is -0.488 e. The summed E-state index contributed by atoms with van der Waals surface area (Å²) in [6.07, 6.45) is 1.66. The van der Waals surface area contributed by atoms with Gasteiger partial charge in [0.05, 0.1) is 16.4 Å². The lowest BCUT2D eigenvalue weighted by Crippen LogP contribution is -2.27. The maximum absolute atomic E-state index is 13.3. The third-order valence-electron chi connectivity index (χ3n) is 5.90. The van der Waals surface area contributed by atoms with Crippen molar-refractivity contribution in [3.63, 3.8) is 0 Å². The van der Waals surface area contributed by atoms with Gasteiger partial charge in [-0.15, -0.1) is 0 Å². The molecule has 4 aromatic rings. The lowest BCUT2D eigenvalue weighted by Gasteiger charge is -2.14. The van der Waals surface area contributed by atoms with Crippen LogP contribution in [0.25, 0.3) is 16.8 Å². The zero-order valence-electron chi connectivity index (χ0n) is 19.3. The molecule has 0 aromatic heterocycles. The first-order valence-corrected chi connectivity index (χ1v) is 12.5.